The summed E-state index contributed by atoms with van der Waals surface area (Å²) in [5.41, 5.74) is 1.85. The molecule has 6 nitrogen and oxygen atoms in total. The molecular formula is C25H30FN5OS. The van der Waals surface area contributed by atoms with E-state index in [1.165, 1.54) is 43.2 Å². The lowest BCUT2D eigenvalue weighted by Gasteiger charge is -2.26. The zero-order valence-electron chi connectivity index (χ0n) is 19.1. The van der Waals surface area contributed by atoms with Crippen molar-refractivity contribution < 1.29 is 9.18 Å². The number of hydrogen-bond acceptors (Lipinski definition) is 5. The van der Waals surface area contributed by atoms with Crippen molar-refractivity contribution in [3.63, 3.8) is 0 Å². The molecule has 1 amide bonds. The van der Waals surface area contributed by atoms with Gasteiger partial charge in [-0.05, 0) is 69.6 Å². The van der Waals surface area contributed by atoms with Crippen molar-refractivity contribution in [2.45, 2.75) is 56.1 Å². The Kier molecular flexibility index (Phi) is 7.77. The quantitative estimate of drug-likeness (QED) is 0.485. The Labute approximate surface area is 198 Å². The van der Waals surface area contributed by atoms with E-state index in [1.54, 1.807) is 12.1 Å². The number of aromatic nitrogens is 3. The third-order valence-corrected chi connectivity index (χ3v) is 6.95. The number of benzene rings is 2. The smallest absolute Gasteiger partial charge is 0.233 e. The lowest BCUT2D eigenvalue weighted by Crippen LogP contribution is -2.33. The van der Waals surface area contributed by atoms with Gasteiger partial charge in [0, 0.05) is 5.69 Å². The molecule has 1 fully saturated rings. The van der Waals surface area contributed by atoms with Crippen LogP contribution in [0.2, 0.25) is 0 Å². The molecule has 0 bridgehead atoms. The third-order valence-electron chi connectivity index (χ3n) is 5.91. The van der Waals surface area contributed by atoms with Gasteiger partial charge in [-0.15, -0.1) is 10.2 Å². The van der Waals surface area contributed by atoms with Crippen molar-refractivity contribution in [3.8, 4) is 5.69 Å². The molecule has 0 radical (unpaired) electrons. The average molecular weight is 468 g/mol. The van der Waals surface area contributed by atoms with Gasteiger partial charge in [0.15, 0.2) is 11.0 Å². The first kappa shape index (κ1) is 23.4. The largest absolute Gasteiger partial charge is 0.349 e. The second kappa shape index (κ2) is 10.9. The van der Waals surface area contributed by atoms with E-state index in [1.807, 2.05) is 48.7 Å². The Bertz CT molecular complexity index is 1050. The molecule has 2 aromatic carbocycles. The Morgan fingerprint density at radius 2 is 1.73 bits per heavy atom. The molecule has 174 valence electrons. The van der Waals surface area contributed by atoms with E-state index in [4.69, 9.17) is 0 Å². The molecule has 0 aliphatic carbocycles. The van der Waals surface area contributed by atoms with Gasteiger partial charge in [-0.25, -0.2) is 4.39 Å². The number of halogens is 1. The summed E-state index contributed by atoms with van der Waals surface area (Å²) in [6.07, 6.45) is 3.63. The fourth-order valence-corrected chi connectivity index (χ4v) is 4.91. The Balaban J connectivity index is 1.52. The molecule has 2 atom stereocenters. The monoisotopic (exact) mass is 467 g/mol. The SMILES string of the molecule is CC(Sc1nnc(CN2CCCCC2)n1-c1ccc(F)cc1)C(=O)NC(C)c1ccccc1. The molecule has 4 rings (SSSR count). The van der Waals surface area contributed by atoms with Crippen molar-refractivity contribution in [1.29, 1.82) is 0 Å². The van der Waals surface area contributed by atoms with Crippen LogP contribution in [0.25, 0.3) is 5.69 Å². The summed E-state index contributed by atoms with van der Waals surface area (Å²) in [6.45, 7) is 6.59. The van der Waals surface area contributed by atoms with Gasteiger partial charge in [0.05, 0.1) is 17.8 Å². The molecule has 2 heterocycles. The molecule has 1 aliphatic heterocycles. The van der Waals surface area contributed by atoms with Gasteiger partial charge in [0.1, 0.15) is 5.82 Å². The number of hydrogen-bond donors (Lipinski definition) is 1. The number of piperidine rings is 1. The highest BCUT2D eigenvalue weighted by atomic mass is 32.2. The fraction of sp³-hybridized carbons (Fsp3) is 0.400. The second-order valence-electron chi connectivity index (χ2n) is 8.45. The number of nitrogens with one attached hydrogen (secondary N) is 1. The van der Waals surface area contributed by atoms with E-state index in [0.29, 0.717) is 11.7 Å². The first-order valence-electron chi connectivity index (χ1n) is 11.5. The lowest BCUT2D eigenvalue weighted by atomic mass is 10.1. The number of nitrogens with zero attached hydrogens (tertiary/aromatic N) is 4. The van der Waals surface area contributed by atoms with Crippen molar-refractivity contribution in [1.82, 2.24) is 25.0 Å². The molecule has 1 aromatic heterocycles. The van der Waals surface area contributed by atoms with E-state index in [-0.39, 0.29) is 23.0 Å². The minimum absolute atomic E-state index is 0.0670. The van der Waals surface area contributed by atoms with Crippen LogP contribution in [0.15, 0.2) is 59.8 Å². The molecule has 8 heteroatoms. The first-order chi connectivity index (χ1) is 16.0. The van der Waals surface area contributed by atoms with Crippen molar-refractivity contribution in [2.75, 3.05) is 13.1 Å². The molecular weight excluding hydrogens is 437 g/mol. The topological polar surface area (TPSA) is 63.1 Å². The van der Waals surface area contributed by atoms with Crippen molar-refractivity contribution in [2.24, 2.45) is 0 Å². The van der Waals surface area contributed by atoms with E-state index in [2.05, 4.69) is 20.4 Å². The predicted octanol–water partition coefficient (Wildman–Crippen LogP) is 4.75. The van der Waals surface area contributed by atoms with Crippen molar-refractivity contribution >= 4 is 17.7 Å². The van der Waals surface area contributed by atoms with E-state index in [0.717, 1.165) is 30.2 Å². The summed E-state index contributed by atoms with van der Waals surface area (Å²) in [5.74, 6) is 0.445. The summed E-state index contributed by atoms with van der Waals surface area (Å²) in [6, 6.07) is 16.1. The second-order valence-corrected chi connectivity index (χ2v) is 9.76. The van der Waals surface area contributed by atoms with Gasteiger partial charge in [-0.2, -0.15) is 0 Å². The molecule has 33 heavy (non-hydrogen) atoms. The molecule has 0 saturated carbocycles. The minimum atomic E-state index is -0.373. The number of amides is 1. The normalized spacial score (nSPS) is 16.3. The van der Waals surface area contributed by atoms with Gasteiger partial charge in [-0.3, -0.25) is 14.3 Å². The van der Waals surface area contributed by atoms with Crippen molar-refractivity contribution in [3.05, 3.63) is 71.8 Å². The van der Waals surface area contributed by atoms with Gasteiger partial charge in [0.2, 0.25) is 5.91 Å². The number of rotatable bonds is 8. The van der Waals surface area contributed by atoms with Gasteiger partial charge >= 0.3 is 0 Å². The third kappa shape index (κ3) is 6.00. The van der Waals surface area contributed by atoms with Crippen LogP contribution in [0.3, 0.4) is 0 Å². The van der Waals surface area contributed by atoms with Crippen LogP contribution in [-0.4, -0.2) is 43.9 Å². The zero-order valence-corrected chi connectivity index (χ0v) is 19.9. The Morgan fingerprint density at radius 3 is 2.42 bits per heavy atom. The van der Waals surface area contributed by atoms with E-state index < -0.39 is 0 Å². The number of thioether (sulfide) groups is 1. The molecule has 2 unspecified atom stereocenters. The standard InChI is InChI=1S/C25H30FN5OS/c1-18(20-9-5-3-6-10-20)27-24(32)19(2)33-25-29-28-23(17-30-15-7-4-8-16-30)31(25)22-13-11-21(26)12-14-22/h3,5-6,9-14,18-19H,4,7-8,15-17H2,1-2H3,(H,27,32). The number of carbonyl (C=O) groups excluding carboxylic acids is 1. The lowest BCUT2D eigenvalue weighted by molar-refractivity contribution is -0.120. The molecule has 1 saturated heterocycles. The number of likely N-dealkylation sites (tertiary alicyclic amines) is 1. The van der Waals surface area contributed by atoms with Crippen LogP contribution in [0.4, 0.5) is 4.39 Å². The zero-order chi connectivity index (χ0) is 23.2. The Hall–Kier alpha value is -2.71. The van der Waals surface area contributed by atoms with Crippen LogP contribution in [0.5, 0.6) is 0 Å². The summed E-state index contributed by atoms with van der Waals surface area (Å²) >= 11 is 1.36. The maximum absolute atomic E-state index is 13.6. The summed E-state index contributed by atoms with van der Waals surface area (Å²) < 4.78 is 15.5. The molecule has 1 aliphatic rings. The summed E-state index contributed by atoms with van der Waals surface area (Å²) in [5, 5.41) is 12.2. The highest BCUT2D eigenvalue weighted by Gasteiger charge is 2.23. The highest BCUT2D eigenvalue weighted by Crippen LogP contribution is 2.27. The number of carbonyl (C=O) groups is 1. The minimum Gasteiger partial charge on any atom is -0.349 e. The van der Waals surface area contributed by atoms with Gasteiger partial charge in [0.25, 0.3) is 0 Å². The summed E-state index contributed by atoms with van der Waals surface area (Å²) in [4.78, 5) is 15.3. The molecule has 3 aromatic rings. The first-order valence-corrected chi connectivity index (χ1v) is 12.3. The van der Waals surface area contributed by atoms with Gasteiger partial charge < -0.3 is 5.32 Å². The van der Waals surface area contributed by atoms with Gasteiger partial charge in [-0.1, -0.05) is 48.5 Å². The maximum atomic E-state index is 13.6. The Morgan fingerprint density at radius 1 is 1.03 bits per heavy atom. The summed E-state index contributed by atoms with van der Waals surface area (Å²) in [7, 11) is 0. The van der Waals surface area contributed by atoms with Crippen LogP contribution in [0.1, 0.15) is 50.5 Å². The fourth-order valence-electron chi connectivity index (χ4n) is 4.01. The van der Waals surface area contributed by atoms with Crippen LogP contribution >= 0.6 is 11.8 Å². The van der Waals surface area contributed by atoms with E-state index in [9.17, 15) is 9.18 Å². The average Bonchev–Trinajstić information content (AvgIpc) is 3.22. The van der Waals surface area contributed by atoms with Crippen LogP contribution in [0, 0.1) is 5.82 Å². The predicted molar refractivity (Wildman–Crippen MR) is 129 cm³/mol. The highest BCUT2D eigenvalue weighted by molar-refractivity contribution is 8.00. The van der Waals surface area contributed by atoms with Crippen LogP contribution < -0.4 is 5.32 Å². The molecule has 1 N–H and O–H groups in total. The van der Waals surface area contributed by atoms with Crippen LogP contribution in [-0.2, 0) is 11.3 Å². The molecule has 0 spiro atoms. The maximum Gasteiger partial charge on any atom is 0.233 e. The van der Waals surface area contributed by atoms with E-state index >= 15 is 0 Å².